The summed E-state index contributed by atoms with van der Waals surface area (Å²) in [7, 11) is -3.04. The smallest absolute Gasteiger partial charge is 0.451 e. The first-order chi connectivity index (χ1) is 29.5. The third-order valence-corrected chi connectivity index (χ3v) is 10.7. The number of hydroxylamine groups is 2. The topological polar surface area (TPSA) is 225 Å². The summed E-state index contributed by atoms with van der Waals surface area (Å²) in [5, 5.41) is 0.363. The molecule has 2 unspecified atom stereocenters. The summed E-state index contributed by atoms with van der Waals surface area (Å²) in [5.74, 6) is -2.09. The lowest BCUT2D eigenvalue weighted by Gasteiger charge is -2.28. The highest BCUT2D eigenvalue weighted by molar-refractivity contribution is 7.49. The maximum atomic E-state index is 14.6. The summed E-state index contributed by atoms with van der Waals surface area (Å²) >= 11 is 0. The molecular weight excluding hydrogens is 825 g/mol. The van der Waals surface area contributed by atoms with Crippen LogP contribution < -0.4 is 15.8 Å². The number of ether oxygens (including phenoxy) is 6. The Morgan fingerprint density at radius 3 is 2.20 bits per heavy atom. The van der Waals surface area contributed by atoms with E-state index in [4.69, 9.17) is 46.8 Å². The monoisotopic (exact) mass is 875 g/mol. The van der Waals surface area contributed by atoms with Crippen molar-refractivity contribution in [2.75, 3.05) is 46.8 Å². The molecule has 61 heavy (non-hydrogen) atoms. The Morgan fingerprint density at radius 1 is 0.836 bits per heavy atom. The van der Waals surface area contributed by atoms with Gasteiger partial charge in [0, 0.05) is 32.2 Å². The summed E-state index contributed by atoms with van der Waals surface area (Å²) in [5.41, 5.74) is -0.786. The Labute approximate surface area is 351 Å². The van der Waals surface area contributed by atoms with Gasteiger partial charge in [0.2, 0.25) is 0 Å². The maximum absolute atomic E-state index is 14.6. The van der Waals surface area contributed by atoms with E-state index in [1.54, 1.807) is 32.2 Å². The van der Waals surface area contributed by atoms with Gasteiger partial charge in [-0.2, -0.15) is 0 Å². The second-order valence-corrected chi connectivity index (χ2v) is 15.1. The number of phosphoric ester groups is 1. The normalized spacial score (nSPS) is 19.8. The van der Waals surface area contributed by atoms with Gasteiger partial charge in [0.1, 0.15) is 18.5 Å². The lowest BCUT2D eigenvalue weighted by atomic mass is 10.1. The SMILES string of the molecule is CCCCOP(=O)(Oc1ccc(COC(=O)ON2C(=O)CCC2=O)cc1)O[C@@H]1C(OC(=O)c2ccccc2)[C@H](n2ccc(=O)n(CCOCCOCCOC)c2=O)O[C@@H]1CC. The van der Waals surface area contributed by atoms with Crippen molar-refractivity contribution in [3.05, 3.63) is 98.8 Å². The fraction of sp³-hybridized carbons (Fsp3) is 0.500. The lowest BCUT2D eigenvalue weighted by molar-refractivity contribution is -0.177. The summed E-state index contributed by atoms with van der Waals surface area (Å²) in [6.07, 6.45) is -3.89. The second kappa shape index (κ2) is 23.1. The first-order valence-corrected chi connectivity index (χ1v) is 21.2. The van der Waals surface area contributed by atoms with Gasteiger partial charge in [-0.1, -0.05) is 55.7 Å². The van der Waals surface area contributed by atoms with Crippen LogP contribution in [0.1, 0.15) is 68.1 Å². The van der Waals surface area contributed by atoms with E-state index in [9.17, 15) is 33.3 Å². The number of benzene rings is 2. The molecule has 2 aromatic carbocycles. The van der Waals surface area contributed by atoms with Crippen molar-refractivity contribution in [1.29, 1.82) is 0 Å². The molecule has 20 nitrogen and oxygen atoms in total. The number of unbranched alkanes of at least 4 members (excludes halogenated alkanes) is 1. The molecule has 5 rings (SSSR count). The van der Waals surface area contributed by atoms with Crippen LogP contribution in [0, 0.1) is 0 Å². The van der Waals surface area contributed by atoms with E-state index < -0.39 is 67.6 Å². The van der Waals surface area contributed by atoms with Crippen LogP contribution in [0.15, 0.2) is 76.4 Å². The predicted octanol–water partition coefficient (Wildman–Crippen LogP) is 4.33. The Bertz CT molecular complexity index is 2080. The molecule has 2 aliphatic rings. The van der Waals surface area contributed by atoms with E-state index in [2.05, 4.69) is 0 Å². The van der Waals surface area contributed by atoms with Crippen LogP contribution in [0.4, 0.5) is 4.79 Å². The Balaban J connectivity index is 1.36. The summed E-state index contributed by atoms with van der Waals surface area (Å²) in [4.78, 5) is 80.8. The molecule has 0 bridgehead atoms. The molecule has 2 amide bonds. The van der Waals surface area contributed by atoms with E-state index in [0.717, 1.165) is 9.13 Å². The number of methoxy groups -OCH3 is 1. The average molecular weight is 876 g/mol. The number of amides is 2. The molecule has 2 saturated heterocycles. The molecule has 2 fully saturated rings. The van der Waals surface area contributed by atoms with E-state index in [0.29, 0.717) is 36.7 Å². The molecule has 3 heterocycles. The molecule has 0 aliphatic carbocycles. The van der Waals surface area contributed by atoms with Gasteiger partial charge in [-0.25, -0.2) is 18.9 Å². The van der Waals surface area contributed by atoms with Crippen molar-refractivity contribution < 1.29 is 70.6 Å². The molecular formula is C40H50N3O17P. The fourth-order valence-electron chi connectivity index (χ4n) is 6.05. The van der Waals surface area contributed by atoms with Gasteiger partial charge in [-0.3, -0.25) is 37.4 Å². The fourth-order valence-corrected chi connectivity index (χ4v) is 7.50. The summed E-state index contributed by atoms with van der Waals surface area (Å²) < 4.78 is 67.8. The van der Waals surface area contributed by atoms with Crippen molar-refractivity contribution in [2.45, 2.75) is 83.6 Å². The number of rotatable bonds is 24. The van der Waals surface area contributed by atoms with Crippen LogP contribution in [-0.4, -0.2) is 103 Å². The minimum atomic E-state index is -4.60. The maximum Gasteiger partial charge on any atom is 0.534 e. The highest BCUT2D eigenvalue weighted by atomic mass is 31.2. The second-order valence-electron chi connectivity index (χ2n) is 13.6. The van der Waals surface area contributed by atoms with Gasteiger partial charge in [-0.05, 0) is 42.7 Å². The zero-order chi connectivity index (χ0) is 43.8. The van der Waals surface area contributed by atoms with Gasteiger partial charge in [-0.15, -0.1) is 0 Å². The minimum absolute atomic E-state index is 0.00724. The highest BCUT2D eigenvalue weighted by Gasteiger charge is 2.52. The number of hydrogen-bond donors (Lipinski definition) is 0. The van der Waals surface area contributed by atoms with Gasteiger partial charge < -0.3 is 32.9 Å². The molecule has 1 aromatic heterocycles. The molecule has 0 saturated carbocycles. The zero-order valence-electron chi connectivity index (χ0n) is 34.1. The summed E-state index contributed by atoms with van der Waals surface area (Å²) in [6.45, 7) is 4.50. The number of phosphoric acid groups is 1. The molecule has 0 N–H and O–H groups in total. The standard InChI is InChI=1S/C40H50N3O17P/c1-4-6-21-55-61(50,59-30-14-12-28(13-15-30)27-54-40(49)58-43-33(45)16-17-34(43)46)60-35-31(5-2)56-37(36(35)57-38(47)29-10-8-7-9-11-29)42-19-18-32(44)41(39(42)48)20-22-52-25-26-53-24-23-51-3/h7-15,18-19,31,35-37H,4-6,16-17,20-27H2,1-3H3/t31-,35+,36?,37-,61?/m1/s1. The van der Waals surface area contributed by atoms with E-state index in [1.165, 1.54) is 48.7 Å². The van der Waals surface area contributed by atoms with Gasteiger partial charge in [0.05, 0.1) is 57.9 Å². The lowest BCUT2D eigenvalue weighted by Crippen LogP contribution is -2.45. The number of imide groups is 1. The van der Waals surface area contributed by atoms with Gasteiger partial charge in [0.15, 0.2) is 12.3 Å². The third-order valence-electron chi connectivity index (χ3n) is 9.24. The number of esters is 1. The summed E-state index contributed by atoms with van der Waals surface area (Å²) in [6, 6.07) is 15.0. The average Bonchev–Trinajstić information content (AvgIpc) is 3.75. The van der Waals surface area contributed by atoms with Crippen molar-refractivity contribution in [1.82, 2.24) is 14.2 Å². The largest absolute Gasteiger partial charge is 0.534 e. The van der Waals surface area contributed by atoms with Crippen LogP contribution in [0.2, 0.25) is 0 Å². The molecule has 332 valence electrons. The molecule has 5 atom stereocenters. The van der Waals surface area contributed by atoms with E-state index in [-0.39, 0.29) is 70.2 Å². The van der Waals surface area contributed by atoms with E-state index >= 15 is 0 Å². The van der Waals surface area contributed by atoms with Gasteiger partial charge >= 0.3 is 25.6 Å². The van der Waals surface area contributed by atoms with Crippen molar-refractivity contribution in [2.24, 2.45) is 0 Å². The van der Waals surface area contributed by atoms with Crippen LogP contribution in [0.5, 0.6) is 5.75 Å². The predicted molar refractivity (Wildman–Crippen MR) is 211 cm³/mol. The van der Waals surface area contributed by atoms with Crippen molar-refractivity contribution in [3.63, 3.8) is 0 Å². The molecule has 0 radical (unpaired) electrons. The number of nitrogens with zero attached hydrogens (tertiary/aromatic N) is 3. The Hall–Kier alpha value is -5.21. The molecule has 2 aliphatic heterocycles. The van der Waals surface area contributed by atoms with Crippen molar-refractivity contribution in [3.8, 4) is 5.75 Å². The zero-order valence-corrected chi connectivity index (χ0v) is 35.0. The minimum Gasteiger partial charge on any atom is -0.451 e. The Morgan fingerprint density at radius 2 is 1.52 bits per heavy atom. The van der Waals surface area contributed by atoms with E-state index in [1.807, 2.05) is 6.92 Å². The first-order valence-electron chi connectivity index (χ1n) is 19.8. The first kappa shape index (κ1) is 46.8. The number of carbonyl (C=O) groups excluding carboxylic acids is 4. The highest BCUT2D eigenvalue weighted by Crippen LogP contribution is 2.54. The number of carbonyl (C=O) groups is 4. The third kappa shape index (κ3) is 13.1. The Kier molecular flexibility index (Phi) is 17.8. The molecule has 0 spiro atoms. The van der Waals surface area contributed by atoms with Crippen molar-refractivity contribution >= 4 is 31.8 Å². The van der Waals surface area contributed by atoms with Crippen LogP contribution in [-0.2, 0) is 69.6 Å². The van der Waals surface area contributed by atoms with Crippen LogP contribution in [0.3, 0.4) is 0 Å². The van der Waals surface area contributed by atoms with Gasteiger partial charge in [0.25, 0.3) is 17.4 Å². The molecule has 3 aromatic rings. The quantitative estimate of drug-likeness (QED) is 0.0528. The van der Waals surface area contributed by atoms with Crippen LogP contribution >= 0.6 is 7.82 Å². The number of hydrogen-bond acceptors (Lipinski definition) is 17. The molecule has 21 heteroatoms. The van der Waals surface area contributed by atoms with Crippen LogP contribution in [0.25, 0.3) is 0 Å². The number of aromatic nitrogens is 2.